The molecule has 0 aliphatic carbocycles. The third-order valence-corrected chi connectivity index (χ3v) is 6.04. The molecule has 33 heavy (non-hydrogen) atoms. The molecule has 0 fully saturated rings. The quantitative estimate of drug-likeness (QED) is 0.568. The third kappa shape index (κ3) is 4.05. The molecule has 0 bridgehead atoms. The summed E-state index contributed by atoms with van der Waals surface area (Å²) in [6, 6.07) is 15.0. The lowest BCUT2D eigenvalue weighted by Crippen LogP contribution is -2.38. The number of ether oxygens (including phenoxy) is 1. The maximum atomic E-state index is 13.1. The average Bonchev–Trinajstić information content (AvgIpc) is 2.83. The maximum Gasteiger partial charge on any atom is 0.258 e. The third-order valence-electron chi connectivity index (χ3n) is 6.04. The van der Waals surface area contributed by atoms with Crippen molar-refractivity contribution in [3.05, 3.63) is 75.6 Å². The van der Waals surface area contributed by atoms with E-state index in [-0.39, 0.29) is 23.7 Å². The Hall–Kier alpha value is -4.14. The molecule has 3 aromatic rings. The number of aromatic nitrogens is 2. The summed E-state index contributed by atoms with van der Waals surface area (Å²) in [6.45, 7) is 1.29. The van der Waals surface area contributed by atoms with Crippen molar-refractivity contribution < 1.29 is 14.3 Å². The van der Waals surface area contributed by atoms with E-state index in [2.05, 4.69) is 32.7 Å². The first-order valence-electron chi connectivity index (χ1n) is 10.7. The van der Waals surface area contributed by atoms with Crippen LogP contribution in [0.5, 0.6) is 5.75 Å². The zero-order valence-corrected chi connectivity index (χ0v) is 18.1. The molecule has 2 aliphatic rings. The average molecular weight is 445 g/mol. The highest BCUT2D eigenvalue weighted by Gasteiger charge is 2.35. The van der Waals surface area contributed by atoms with Crippen LogP contribution in [-0.4, -0.2) is 35.4 Å². The number of amides is 2. The number of nitrogens with one attached hydrogen (secondary N) is 3. The number of anilines is 3. The van der Waals surface area contributed by atoms with Crippen molar-refractivity contribution in [3.63, 3.8) is 0 Å². The molecule has 0 spiro atoms. The van der Waals surface area contributed by atoms with Gasteiger partial charge in [-0.3, -0.25) is 19.4 Å². The normalized spacial score (nSPS) is 16.9. The number of nitrogens with zero attached hydrogens (tertiary/aromatic N) is 2. The number of fused-ring (bicyclic) bond motifs is 2. The van der Waals surface area contributed by atoms with Gasteiger partial charge in [0, 0.05) is 25.2 Å². The molecular weight excluding hydrogens is 422 g/mol. The van der Waals surface area contributed by atoms with Gasteiger partial charge in [0.15, 0.2) is 0 Å². The number of H-pyrrole nitrogens is 1. The summed E-state index contributed by atoms with van der Waals surface area (Å²) in [6.07, 6.45) is 0.701. The van der Waals surface area contributed by atoms with Crippen LogP contribution in [0.1, 0.15) is 29.0 Å². The van der Waals surface area contributed by atoms with Gasteiger partial charge in [-0.25, -0.2) is 0 Å². The molecule has 1 unspecified atom stereocenters. The first-order valence-corrected chi connectivity index (χ1v) is 10.7. The molecule has 2 aromatic carbocycles. The van der Waals surface area contributed by atoms with Gasteiger partial charge in [0.25, 0.3) is 5.56 Å². The zero-order valence-electron chi connectivity index (χ0n) is 18.1. The van der Waals surface area contributed by atoms with E-state index in [9.17, 15) is 14.4 Å². The van der Waals surface area contributed by atoms with Gasteiger partial charge in [-0.2, -0.15) is 4.98 Å². The first kappa shape index (κ1) is 20.7. The van der Waals surface area contributed by atoms with Gasteiger partial charge in [0.05, 0.1) is 18.6 Å². The monoisotopic (exact) mass is 445 g/mol. The van der Waals surface area contributed by atoms with Crippen molar-refractivity contribution in [1.82, 2.24) is 9.97 Å². The zero-order chi connectivity index (χ0) is 22.9. The van der Waals surface area contributed by atoms with Crippen LogP contribution in [-0.2, 0) is 22.6 Å². The van der Waals surface area contributed by atoms with E-state index in [4.69, 9.17) is 4.74 Å². The molecule has 1 atom stereocenters. The number of carbonyl (C=O) groups excluding carboxylic acids is 2. The fraction of sp³-hybridized carbons (Fsp3) is 0.250. The molecule has 5 rings (SSSR count). The molecule has 168 valence electrons. The summed E-state index contributed by atoms with van der Waals surface area (Å²) in [5.41, 5.74) is 2.73. The van der Waals surface area contributed by atoms with Gasteiger partial charge in [-0.15, -0.1) is 0 Å². The van der Waals surface area contributed by atoms with Crippen LogP contribution in [0.25, 0.3) is 0 Å². The molecule has 9 heteroatoms. The molecule has 2 aliphatic heterocycles. The second-order valence-electron chi connectivity index (χ2n) is 8.11. The van der Waals surface area contributed by atoms with Crippen molar-refractivity contribution in [2.24, 2.45) is 0 Å². The molecule has 2 amide bonds. The van der Waals surface area contributed by atoms with Crippen molar-refractivity contribution in [3.8, 4) is 5.75 Å². The minimum atomic E-state index is -0.941. The van der Waals surface area contributed by atoms with Crippen LogP contribution < -0.4 is 25.8 Å². The largest absolute Gasteiger partial charge is 0.497 e. The standard InChI is InChI=1S/C24H23N5O4/c1-33-17-8-6-16(7-9-17)25-22(31)18-12-19(30)26-21-20(18)23(32)28-24(27-21)29-11-10-14-4-2-3-5-15(14)13-29/h2-9,18H,10-13H2,1H3,(H,25,31)(H2,26,27,28,30,32). The molecular formula is C24H23N5O4. The van der Waals surface area contributed by atoms with Crippen LogP contribution in [0, 0.1) is 0 Å². The molecule has 1 aromatic heterocycles. The van der Waals surface area contributed by atoms with Crippen molar-refractivity contribution in [2.45, 2.75) is 25.3 Å². The minimum Gasteiger partial charge on any atom is -0.497 e. The summed E-state index contributed by atoms with van der Waals surface area (Å²) in [7, 11) is 1.56. The number of hydrogen-bond acceptors (Lipinski definition) is 6. The van der Waals surface area contributed by atoms with Crippen LogP contribution in [0.2, 0.25) is 0 Å². The van der Waals surface area contributed by atoms with E-state index >= 15 is 0 Å². The number of methoxy groups -OCH3 is 1. The molecule has 0 radical (unpaired) electrons. The number of rotatable bonds is 4. The van der Waals surface area contributed by atoms with Crippen molar-refractivity contribution >= 4 is 29.3 Å². The molecule has 3 N–H and O–H groups in total. The minimum absolute atomic E-state index is 0.129. The fourth-order valence-electron chi connectivity index (χ4n) is 4.31. The Balaban J connectivity index is 1.42. The highest BCUT2D eigenvalue weighted by Crippen LogP contribution is 2.31. The molecule has 0 saturated carbocycles. The molecule has 0 saturated heterocycles. The molecule has 3 heterocycles. The second-order valence-corrected chi connectivity index (χ2v) is 8.11. The van der Waals surface area contributed by atoms with E-state index in [1.54, 1.807) is 31.4 Å². The number of aromatic amines is 1. The smallest absolute Gasteiger partial charge is 0.258 e. The number of carbonyl (C=O) groups is 2. The van der Waals surface area contributed by atoms with E-state index < -0.39 is 17.4 Å². The van der Waals surface area contributed by atoms with Gasteiger partial charge in [0.1, 0.15) is 11.6 Å². The van der Waals surface area contributed by atoms with E-state index in [0.29, 0.717) is 30.5 Å². The van der Waals surface area contributed by atoms with E-state index in [1.165, 1.54) is 11.1 Å². The van der Waals surface area contributed by atoms with Crippen LogP contribution in [0.3, 0.4) is 0 Å². The van der Waals surface area contributed by atoms with Gasteiger partial charge < -0.3 is 20.3 Å². The van der Waals surface area contributed by atoms with Crippen molar-refractivity contribution in [2.75, 3.05) is 29.2 Å². The van der Waals surface area contributed by atoms with Crippen molar-refractivity contribution in [1.29, 1.82) is 0 Å². The summed E-state index contributed by atoms with van der Waals surface area (Å²) < 4.78 is 5.12. The Kier molecular flexibility index (Phi) is 5.29. The number of benzene rings is 2. The summed E-state index contributed by atoms with van der Waals surface area (Å²) in [5.74, 6) is -0.565. The van der Waals surface area contributed by atoms with Crippen LogP contribution in [0.4, 0.5) is 17.5 Å². The highest BCUT2D eigenvalue weighted by atomic mass is 16.5. The fourth-order valence-corrected chi connectivity index (χ4v) is 4.31. The Morgan fingerprint density at radius 2 is 1.88 bits per heavy atom. The maximum absolute atomic E-state index is 13.1. The topological polar surface area (TPSA) is 116 Å². The lowest BCUT2D eigenvalue weighted by atomic mass is 9.92. The lowest BCUT2D eigenvalue weighted by Gasteiger charge is -2.30. The van der Waals surface area contributed by atoms with Gasteiger partial charge >= 0.3 is 0 Å². The summed E-state index contributed by atoms with van der Waals surface area (Å²) in [4.78, 5) is 47.7. The van der Waals surface area contributed by atoms with Crippen LogP contribution in [0.15, 0.2) is 53.3 Å². The Morgan fingerprint density at radius 3 is 2.64 bits per heavy atom. The lowest BCUT2D eigenvalue weighted by molar-refractivity contribution is -0.123. The first-order chi connectivity index (χ1) is 16.0. The Bertz CT molecular complexity index is 1280. The Labute approximate surface area is 189 Å². The summed E-state index contributed by atoms with van der Waals surface area (Å²) >= 11 is 0. The summed E-state index contributed by atoms with van der Waals surface area (Å²) in [5, 5.41) is 5.45. The number of hydrogen-bond donors (Lipinski definition) is 3. The Morgan fingerprint density at radius 1 is 1.12 bits per heavy atom. The SMILES string of the molecule is COc1ccc(NC(=O)C2CC(=O)Nc3nc(N4CCc5ccccc5C4)[nH]c(=O)c32)cc1. The highest BCUT2D eigenvalue weighted by molar-refractivity contribution is 6.04. The predicted octanol–water partition coefficient (Wildman–Crippen LogP) is 2.41. The van der Waals surface area contributed by atoms with E-state index in [1.807, 2.05) is 17.0 Å². The molecule has 9 nitrogen and oxygen atoms in total. The van der Waals surface area contributed by atoms with Crippen LogP contribution >= 0.6 is 0 Å². The van der Waals surface area contributed by atoms with E-state index in [0.717, 1.165) is 6.42 Å². The second kappa shape index (κ2) is 8.42. The van der Waals surface area contributed by atoms with Gasteiger partial charge in [-0.05, 0) is 41.8 Å². The van der Waals surface area contributed by atoms with Gasteiger partial charge in [-0.1, -0.05) is 24.3 Å². The van der Waals surface area contributed by atoms with Gasteiger partial charge in [0.2, 0.25) is 17.8 Å². The predicted molar refractivity (Wildman–Crippen MR) is 124 cm³/mol.